The van der Waals surface area contributed by atoms with Crippen molar-refractivity contribution in [2.24, 2.45) is 0 Å². The highest BCUT2D eigenvalue weighted by molar-refractivity contribution is 5.95. The number of rotatable bonds is 2. The minimum atomic E-state index is -0.518. The average Bonchev–Trinajstić information content (AvgIpc) is 2.55. The van der Waals surface area contributed by atoms with Gasteiger partial charge in [-0.1, -0.05) is 0 Å². The van der Waals surface area contributed by atoms with Gasteiger partial charge in [0.15, 0.2) is 0 Å². The molecule has 3 aliphatic rings. The van der Waals surface area contributed by atoms with E-state index in [-0.39, 0.29) is 23.6 Å². The summed E-state index contributed by atoms with van der Waals surface area (Å²) in [4.78, 5) is 23.6. The molecule has 5 heterocycles. The number of amides is 1. The molecule has 118 valence electrons. The third-order valence-corrected chi connectivity index (χ3v) is 4.45. The van der Waals surface area contributed by atoms with Crippen LogP contribution in [0.15, 0.2) is 36.8 Å². The second-order valence-corrected chi connectivity index (χ2v) is 5.89. The Morgan fingerprint density at radius 1 is 1.17 bits per heavy atom. The molecule has 2 bridgehead atoms. The Kier molecular flexibility index (Phi) is 3.21. The lowest BCUT2D eigenvalue weighted by Crippen LogP contribution is -2.70. The maximum atomic E-state index is 13.2. The van der Waals surface area contributed by atoms with Gasteiger partial charge in [-0.25, -0.2) is 9.37 Å². The zero-order valence-electron chi connectivity index (χ0n) is 12.2. The summed E-state index contributed by atoms with van der Waals surface area (Å²) in [5.74, 6) is -1.23. The van der Waals surface area contributed by atoms with Gasteiger partial charge in [0.05, 0.1) is 23.8 Å². The molecule has 0 aliphatic carbocycles. The Morgan fingerprint density at radius 3 is 2.65 bits per heavy atom. The predicted molar refractivity (Wildman–Crippen MR) is 79.0 cm³/mol. The quantitative estimate of drug-likeness (QED) is 0.794. The first kappa shape index (κ1) is 14.0. The van der Waals surface area contributed by atoms with Crippen LogP contribution in [0.4, 0.5) is 14.5 Å². The van der Waals surface area contributed by atoms with Crippen molar-refractivity contribution in [2.75, 3.05) is 18.0 Å². The molecule has 0 spiro atoms. The summed E-state index contributed by atoms with van der Waals surface area (Å²) in [5.41, 5.74) is 1.04. The van der Waals surface area contributed by atoms with Gasteiger partial charge in [-0.05, 0) is 18.6 Å². The number of hydrogen-bond donors (Lipinski definition) is 0. The normalized spacial score (nSPS) is 22.7. The van der Waals surface area contributed by atoms with E-state index in [9.17, 15) is 13.6 Å². The van der Waals surface area contributed by atoms with E-state index in [2.05, 4.69) is 14.9 Å². The lowest BCUT2D eigenvalue weighted by Gasteiger charge is -2.56. The number of piperazine rings is 1. The Morgan fingerprint density at radius 2 is 1.96 bits per heavy atom. The van der Waals surface area contributed by atoms with Gasteiger partial charge in [0, 0.05) is 37.2 Å². The Hall–Kier alpha value is -2.57. The zero-order valence-corrected chi connectivity index (χ0v) is 12.2. The van der Waals surface area contributed by atoms with Crippen LogP contribution in [-0.2, 0) is 0 Å². The van der Waals surface area contributed by atoms with Gasteiger partial charge in [0.25, 0.3) is 5.91 Å². The van der Waals surface area contributed by atoms with Crippen molar-refractivity contribution in [1.82, 2.24) is 14.9 Å². The first-order valence-electron chi connectivity index (χ1n) is 7.41. The molecule has 0 radical (unpaired) electrons. The molecule has 2 aromatic rings. The van der Waals surface area contributed by atoms with E-state index in [0.29, 0.717) is 13.1 Å². The number of aromatic nitrogens is 2. The van der Waals surface area contributed by atoms with Gasteiger partial charge in [-0.15, -0.1) is 0 Å². The molecular formula is C16H14F2N4O. The molecule has 5 rings (SSSR count). The van der Waals surface area contributed by atoms with Crippen LogP contribution < -0.4 is 4.90 Å². The number of halogens is 2. The number of carbonyl (C=O) groups is 1. The second kappa shape index (κ2) is 5.26. The topological polar surface area (TPSA) is 49.3 Å². The smallest absolute Gasteiger partial charge is 0.256 e. The van der Waals surface area contributed by atoms with Crippen LogP contribution >= 0.6 is 0 Å². The van der Waals surface area contributed by atoms with Crippen LogP contribution in [-0.4, -0.2) is 45.9 Å². The van der Waals surface area contributed by atoms with Crippen molar-refractivity contribution in [3.63, 3.8) is 0 Å². The molecule has 2 aromatic heterocycles. The molecule has 2 unspecified atom stereocenters. The fourth-order valence-corrected chi connectivity index (χ4v) is 3.42. The molecule has 1 amide bonds. The van der Waals surface area contributed by atoms with Crippen molar-refractivity contribution >= 4 is 11.6 Å². The molecule has 3 fully saturated rings. The highest BCUT2D eigenvalue weighted by Gasteiger charge is 2.47. The first-order chi connectivity index (χ1) is 11.1. The first-order valence-corrected chi connectivity index (χ1v) is 7.41. The van der Waals surface area contributed by atoms with E-state index < -0.39 is 11.8 Å². The van der Waals surface area contributed by atoms with Crippen molar-refractivity contribution in [2.45, 2.75) is 18.5 Å². The minimum absolute atomic E-state index is 0.0562. The monoisotopic (exact) mass is 316 g/mol. The number of carbonyl (C=O) groups excluding carboxylic acids is 1. The number of hydrogen-bond acceptors (Lipinski definition) is 4. The van der Waals surface area contributed by atoms with Gasteiger partial charge in [-0.3, -0.25) is 9.78 Å². The van der Waals surface area contributed by atoms with Crippen LogP contribution in [0.5, 0.6) is 0 Å². The Balaban J connectivity index is 1.50. The average molecular weight is 316 g/mol. The molecule has 3 aliphatic heterocycles. The van der Waals surface area contributed by atoms with Crippen molar-refractivity contribution < 1.29 is 13.6 Å². The predicted octanol–water partition coefficient (Wildman–Crippen LogP) is 1.86. The fraction of sp³-hybridized carbons (Fsp3) is 0.312. The standard InChI is InChI=1S/C16H14F2N4O/c17-11-3-10(6-19-7-11)16(23)22-13-4-14(22)9-21(8-13)12-1-2-20-15(18)5-12/h1-3,5-7,13-14H,4,8-9H2. The maximum absolute atomic E-state index is 13.2. The minimum Gasteiger partial charge on any atom is -0.367 e. The van der Waals surface area contributed by atoms with E-state index in [1.807, 2.05) is 0 Å². The van der Waals surface area contributed by atoms with Crippen LogP contribution in [0.25, 0.3) is 0 Å². The van der Waals surface area contributed by atoms with E-state index in [4.69, 9.17) is 0 Å². The highest BCUT2D eigenvalue weighted by atomic mass is 19.1. The summed E-state index contributed by atoms with van der Waals surface area (Å²) < 4.78 is 26.5. The molecule has 2 atom stereocenters. The number of anilines is 1. The van der Waals surface area contributed by atoms with Crippen molar-refractivity contribution in [3.05, 3.63) is 54.1 Å². The van der Waals surface area contributed by atoms with Gasteiger partial charge in [0.1, 0.15) is 5.82 Å². The third kappa shape index (κ3) is 2.42. The van der Waals surface area contributed by atoms with Crippen LogP contribution in [0, 0.1) is 11.8 Å². The van der Waals surface area contributed by atoms with Gasteiger partial charge in [0.2, 0.25) is 5.95 Å². The summed E-state index contributed by atoms with van der Waals surface area (Å²) in [6.07, 6.45) is 4.81. The van der Waals surface area contributed by atoms with E-state index >= 15 is 0 Å². The third-order valence-electron chi connectivity index (χ3n) is 4.45. The van der Waals surface area contributed by atoms with Crippen LogP contribution in [0.3, 0.4) is 0 Å². The van der Waals surface area contributed by atoms with E-state index in [1.54, 1.807) is 11.0 Å². The molecule has 5 nitrogen and oxygen atoms in total. The second-order valence-electron chi connectivity index (χ2n) is 5.89. The molecule has 0 saturated carbocycles. The molecular weight excluding hydrogens is 302 g/mol. The lowest BCUT2D eigenvalue weighted by atomic mass is 9.86. The molecule has 0 N–H and O–H groups in total. The number of piperidine rings is 1. The fourth-order valence-electron chi connectivity index (χ4n) is 3.42. The maximum Gasteiger partial charge on any atom is 0.256 e. The van der Waals surface area contributed by atoms with E-state index in [0.717, 1.165) is 18.3 Å². The summed E-state index contributed by atoms with van der Waals surface area (Å²) in [6, 6.07) is 4.48. The lowest BCUT2D eigenvalue weighted by molar-refractivity contribution is 0.00584. The Labute approximate surface area is 131 Å². The van der Waals surface area contributed by atoms with Gasteiger partial charge < -0.3 is 9.80 Å². The van der Waals surface area contributed by atoms with Gasteiger partial charge >= 0.3 is 0 Å². The SMILES string of the molecule is O=C(c1cncc(F)c1)N1C2CC1CN(c1ccnc(F)c1)C2. The van der Waals surface area contributed by atoms with E-state index in [1.165, 1.54) is 24.5 Å². The molecule has 0 aromatic carbocycles. The highest BCUT2D eigenvalue weighted by Crippen LogP contribution is 2.35. The molecule has 23 heavy (non-hydrogen) atoms. The van der Waals surface area contributed by atoms with Crippen LogP contribution in [0.1, 0.15) is 16.8 Å². The Bertz CT molecular complexity index is 757. The van der Waals surface area contributed by atoms with Crippen molar-refractivity contribution in [1.29, 1.82) is 0 Å². The van der Waals surface area contributed by atoms with Crippen LogP contribution in [0.2, 0.25) is 0 Å². The summed E-state index contributed by atoms with van der Waals surface area (Å²) >= 11 is 0. The summed E-state index contributed by atoms with van der Waals surface area (Å²) in [6.45, 7) is 1.27. The zero-order chi connectivity index (χ0) is 16.0. The number of fused-ring (bicyclic) bond motifs is 2. The molecule has 7 heteroatoms. The molecule has 3 saturated heterocycles. The largest absolute Gasteiger partial charge is 0.367 e. The number of pyridine rings is 2. The summed E-state index contributed by atoms with van der Waals surface area (Å²) in [5, 5.41) is 0. The number of nitrogens with zero attached hydrogens (tertiary/aromatic N) is 4. The van der Waals surface area contributed by atoms with Crippen molar-refractivity contribution in [3.8, 4) is 0 Å². The van der Waals surface area contributed by atoms with Gasteiger partial charge in [-0.2, -0.15) is 4.39 Å². The summed E-state index contributed by atoms with van der Waals surface area (Å²) in [7, 11) is 0.